The third kappa shape index (κ3) is 3.06. The van der Waals surface area contributed by atoms with Crippen molar-refractivity contribution in [1.29, 1.82) is 0 Å². The summed E-state index contributed by atoms with van der Waals surface area (Å²) >= 11 is 0. The van der Waals surface area contributed by atoms with Crippen LogP contribution in [0.1, 0.15) is 32.8 Å². The van der Waals surface area contributed by atoms with Gasteiger partial charge in [-0.25, -0.2) is 9.37 Å². The van der Waals surface area contributed by atoms with Crippen LogP contribution in [0.25, 0.3) is 0 Å². The van der Waals surface area contributed by atoms with Crippen LogP contribution in [-0.4, -0.2) is 24.6 Å². The maximum atomic E-state index is 13.4. The Kier molecular flexibility index (Phi) is 4.40. The summed E-state index contributed by atoms with van der Waals surface area (Å²) in [5, 5.41) is 3.09. The zero-order chi connectivity index (χ0) is 14.0. The summed E-state index contributed by atoms with van der Waals surface area (Å²) < 4.78 is 13.4. The minimum Gasteiger partial charge on any atom is -0.353 e. The molecule has 0 bridgehead atoms. The minimum atomic E-state index is -0.264. The van der Waals surface area contributed by atoms with Gasteiger partial charge in [0.2, 0.25) is 0 Å². The molecule has 0 radical (unpaired) electrons. The average Bonchev–Trinajstić information content (AvgIpc) is 2.35. The lowest BCUT2D eigenvalue weighted by molar-refractivity contribution is 0.295. The maximum absolute atomic E-state index is 13.4. The Morgan fingerprint density at radius 2 is 2.16 bits per heavy atom. The van der Waals surface area contributed by atoms with Gasteiger partial charge >= 0.3 is 0 Å². The van der Waals surface area contributed by atoms with Crippen LogP contribution in [0.5, 0.6) is 0 Å². The number of nitrogens with one attached hydrogen (secondary N) is 1. The second kappa shape index (κ2) is 5.87. The van der Waals surface area contributed by atoms with Crippen LogP contribution in [0.3, 0.4) is 0 Å². The Bertz CT molecular complexity index is 435. The molecule has 0 aromatic carbocycles. The summed E-state index contributed by atoms with van der Waals surface area (Å²) in [5.41, 5.74) is 0.940. The number of halogens is 1. The van der Waals surface area contributed by atoms with Crippen LogP contribution in [0.15, 0.2) is 12.3 Å². The quantitative estimate of drug-likeness (QED) is 0.911. The molecule has 3 atom stereocenters. The third-order valence-corrected chi connectivity index (χ3v) is 4.15. The molecule has 0 amide bonds. The van der Waals surface area contributed by atoms with Crippen LogP contribution < -0.4 is 10.2 Å². The van der Waals surface area contributed by atoms with Gasteiger partial charge in [-0.3, -0.25) is 0 Å². The van der Waals surface area contributed by atoms with Gasteiger partial charge in [-0.1, -0.05) is 13.8 Å². The smallest absolute Gasteiger partial charge is 0.141 e. The normalized spacial score (nSPS) is 27.6. The molecule has 0 saturated carbocycles. The van der Waals surface area contributed by atoms with Gasteiger partial charge in [0.25, 0.3) is 0 Å². The summed E-state index contributed by atoms with van der Waals surface area (Å²) in [5.74, 6) is 1.96. The van der Waals surface area contributed by atoms with E-state index in [9.17, 15) is 4.39 Å². The first-order chi connectivity index (χ1) is 9.02. The lowest BCUT2D eigenvalue weighted by atomic mass is 9.86. The molecule has 3 unspecified atom stereocenters. The summed E-state index contributed by atoms with van der Waals surface area (Å²) in [6.45, 7) is 8.45. The molecule has 1 N–H and O–H groups in total. The van der Waals surface area contributed by atoms with Crippen molar-refractivity contribution in [3.05, 3.63) is 23.6 Å². The van der Waals surface area contributed by atoms with E-state index in [0.717, 1.165) is 17.9 Å². The highest BCUT2D eigenvalue weighted by molar-refractivity contribution is 5.48. The van der Waals surface area contributed by atoms with Gasteiger partial charge in [0.15, 0.2) is 0 Å². The van der Waals surface area contributed by atoms with Gasteiger partial charge in [0.05, 0.1) is 6.20 Å². The lowest BCUT2D eigenvalue weighted by Gasteiger charge is -2.42. The number of hydrogen-bond donors (Lipinski definition) is 1. The summed E-state index contributed by atoms with van der Waals surface area (Å²) in [6.07, 6.45) is 2.57. The number of pyridine rings is 1. The van der Waals surface area contributed by atoms with Crippen molar-refractivity contribution < 1.29 is 4.39 Å². The highest BCUT2D eigenvalue weighted by Crippen LogP contribution is 2.32. The second-order valence-electron chi connectivity index (χ2n) is 5.88. The predicted octanol–water partition coefficient (Wildman–Crippen LogP) is 2.81. The fourth-order valence-electron chi connectivity index (χ4n) is 3.05. The molecule has 2 heterocycles. The van der Waals surface area contributed by atoms with Crippen molar-refractivity contribution in [3.63, 3.8) is 0 Å². The molecule has 1 aliphatic rings. The van der Waals surface area contributed by atoms with E-state index in [4.69, 9.17) is 0 Å². The maximum Gasteiger partial charge on any atom is 0.141 e. The second-order valence-corrected chi connectivity index (χ2v) is 5.88. The van der Waals surface area contributed by atoms with Crippen molar-refractivity contribution in [3.8, 4) is 0 Å². The van der Waals surface area contributed by atoms with E-state index in [0.29, 0.717) is 24.4 Å². The van der Waals surface area contributed by atoms with Gasteiger partial charge in [0, 0.05) is 24.7 Å². The third-order valence-electron chi connectivity index (χ3n) is 4.15. The Hall–Kier alpha value is -1.16. The highest BCUT2D eigenvalue weighted by atomic mass is 19.1. The molecule has 1 aliphatic heterocycles. The zero-order valence-corrected chi connectivity index (χ0v) is 12.3. The predicted molar refractivity (Wildman–Crippen MR) is 76.7 cm³/mol. The SMILES string of the molecule is CNCc1cc(F)cnc1N1CC(C)CC(C)C1C. The molecule has 0 spiro atoms. The van der Waals surface area contributed by atoms with E-state index in [1.807, 2.05) is 7.05 Å². The van der Waals surface area contributed by atoms with Gasteiger partial charge in [-0.15, -0.1) is 0 Å². The molecule has 4 heteroatoms. The van der Waals surface area contributed by atoms with Gasteiger partial charge < -0.3 is 10.2 Å². The van der Waals surface area contributed by atoms with Crippen LogP contribution >= 0.6 is 0 Å². The minimum absolute atomic E-state index is 0.264. The Morgan fingerprint density at radius 1 is 1.42 bits per heavy atom. The summed E-state index contributed by atoms with van der Waals surface area (Å²) in [7, 11) is 1.87. The topological polar surface area (TPSA) is 28.2 Å². The number of aromatic nitrogens is 1. The first-order valence-electron chi connectivity index (χ1n) is 7.08. The lowest BCUT2D eigenvalue weighted by Crippen LogP contribution is -2.46. The van der Waals surface area contributed by atoms with E-state index < -0.39 is 0 Å². The molecule has 106 valence electrons. The van der Waals surface area contributed by atoms with Crippen LogP contribution in [-0.2, 0) is 6.54 Å². The molecule has 0 aliphatic carbocycles. The average molecular weight is 265 g/mol. The van der Waals surface area contributed by atoms with Gasteiger partial charge in [0.1, 0.15) is 11.6 Å². The Morgan fingerprint density at radius 3 is 2.84 bits per heavy atom. The van der Waals surface area contributed by atoms with Crippen molar-refractivity contribution in [2.24, 2.45) is 11.8 Å². The fourth-order valence-corrected chi connectivity index (χ4v) is 3.05. The molecule has 1 fully saturated rings. The van der Waals surface area contributed by atoms with Gasteiger partial charge in [-0.05, 0) is 38.3 Å². The van der Waals surface area contributed by atoms with E-state index in [1.165, 1.54) is 12.6 Å². The van der Waals surface area contributed by atoms with E-state index in [2.05, 4.69) is 36.0 Å². The number of piperidine rings is 1. The first-order valence-corrected chi connectivity index (χ1v) is 7.08. The van der Waals surface area contributed by atoms with Gasteiger partial charge in [-0.2, -0.15) is 0 Å². The molecular weight excluding hydrogens is 241 g/mol. The van der Waals surface area contributed by atoms with Crippen molar-refractivity contribution in [2.45, 2.75) is 39.8 Å². The highest BCUT2D eigenvalue weighted by Gasteiger charge is 2.30. The van der Waals surface area contributed by atoms with Crippen molar-refractivity contribution in [1.82, 2.24) is 10.3 Å². The largest absolute Gasteiger partial charge is 0.353 e. The Labute approximate surface area is 115 Å². The van der Waals surface area contributed by atoms with Crippen LogP contribution in [0.4, 0.5) is 10.2 Å². The van der Waals surface area contributed by atoms with Crippen molar-refractivity contribution >= 4 is 5.82 Å². The van der Waals surface area contributed by atoms with E-state index >= 15 is 0 Å². The van der Waals surface area contributed by atoms with Crippen LogP contribution in [0, 0.1) is 17.7 Å². The van der Waals surface area contributed by atoms with E-state index in [1.54, 1.807) is 6.07 Å². The first kappa shape index (κ1) is 14.3. The fraction of sp³-hybridized carbons (Fsp3) is 0.667. The number of rotatable bonds is 3. The standard InChI is InChI=1S/C15H24FN3/c1-10-5-11(2)12(3)19(9-10)15-13(7-17-4)6-14(16)8-18-15/h6,8,10-12,17H,5,7,9H2,1-4H3. The van der Waals surface area contributed by atoms with Crippen LogP contribution in [0.2, 0.25) is 0 Å². The summed E-state index contributed by atoms with van der Waals surface area (Å²) in [4.78, 5) is 6.69. The number of hydrogen-bond acceptors (Lipinski definition) is 3. The molecule has 1 aromatic rings. The molecule has 2 rings (SSSR count). The van der Waals surface area contributed by atoms with E-state index in [-0.39, 0.29) is 5.82 Å². The summed E-state index contributed by atoms with van der Waals surface area (Å²) in [6, 6.07) is 2.04. The monoisotopic (exact) mass is 265 g/mol. The van der Waals surface area contributed by atoms with Crippen molar-refractivity contribution in [2.75, 3.05) is 18.5 Å². The number of anilines is 1. The zero-order valence-electron chi connectivity index (χ0n) is 12.3. The number of nitrogens with zero attached hydrogens (tertiary/aromatic N) is 2. The molecule has 1 aromatic heterocycles. The Balaban J connectivity index is 2.33. The molecule has 3 nitrogen and oxygen atoms in total. The molecule has 19 heavy (non-hydrogen) atoms. The molecule has 1 saturated heterocycles. The molecular formula is C15H24FN3.